The van der Waals surface area contributed by atoms with Crippen molar-refractivity contribution in [3.63, 3.8) is 0 Å². The number of thioether (sulfide) groups is 4. The topological polar surface area (TPSA) is 109 Å². The van der Waals surface area contributed by atoms with Crippen LogP contribution in [0.5, 0.6) is 0 Å². The van der Waals surface area contributed by atoms with Crippen LogP contribution < -0.4 is 0 Å². The fourth-order valence-corrected chi connectivity index (χ4v) is 9.16. The van der Waals surface area contributed by atoms with E-state index in [9.17, 15) is 29.4 Å². The van der Waals surface area contributed by atoms with E-state index in [2.05, 4.69) is 0 Å². The lowest BCUT2D eigenvalue weighted by molar-refractivity contribution is 0.0988. The predicted molar refractivity (Wildman–Crippen MR) is 146 cm³/mol. The monoisotopic (exact) mass is 556 g/mol. The van der Waals surface area contributed by atoms with Gasteiger partial charge >= 0.3 is 0 Å². The van der Waals surface area contributed by atoms with Crippen LogP contribution in [0.15, 0.2) is 68.2 Å². The van der Waals surface area contributed by atoms with Crippen molar-refractivity contribution in [2.24, 2.45) is 0 Å². The summed E-state index contributed by atoms with van der Waals surface area (Å²) in [6.07, 6.45) is 0. The first-order chi connectivity index (χ1) is 17.4. The molecule has 0 spiro atoms. The third kappa shape index (κ3) is 4.55. The number of aliphatic hydroxyl groups is 2. The predicted octanol–water partition coefficient (Wildman–Crippen LogP) is 4.24. The molecule has 1 aliphatic heterocycles. The molecule has 5 rings (SSSR count). The molecule has 0 amide bonds. The van der Waals surface area contributed by atoms with Crippen molar-refractivity contribution in [1.29, 1.82) is 0 Å². The van der Waals surface area contributed by atoms with E-state index in [1.807, 2.05) is 0 Å². The van der Waals surface area contributed by atoms with Crippen LogP contribution in [0.25, 0.3) is 0 Å². The zero-order valence-electron chi connectivity index (χ0n) is 18.8. The van der Waals surface area contributed by atoms with E-state index >= 15 is 0 Å². The molecule has 1 heterocycles. The summed E-state index contributed by atoms with van der Waals surface area (Å²) in [5.74, 6) is -0.559. The lowest BCUT2D eigenvalue weighted by atomic mass is 9.94. The summed E-state index contributed by atoms with van der Waals surface area (Å²) in [5.41, 5.74) is 1.32. The molecule has 2 unspecified atom stereocenters. The van der Waals surface area contributed by atoms with Gasteiger partial charge in [0.1, 0.15) is 0 Å². The van der Waals surface area contributed by atoms with Gasteiger partial charge in [0.2, 0.25) is 23.1 Å². The summed E-state index contributed by atoms with van der Waals surface area (Å²) >= 11 is 4.59. The van der Waals surface area contributed by atoms with Gasteiger partial charge < -0.3 is 10.2 Å². The standard InChI is InChI=1S/C26H20O6S4/c27-9-13-11-33-23-19(29)15-5-1-2-6-16(15)20(30)24(23)34-12-14(10-28)36-26-22(32)18-8-4-3-7-17(18)21(31)25(26)35-13/h1-8,13-14,27-28H,9-12H2. The number of hydrogen-bond acceptors (Lipinski definition) is 10. The Hall–Kier alpha value is -2.08. The highest BCUT2D eigenvalue weighted by atomic mass is 32.2. The highest BCUT2D eigenvalue weighted by Gasteiger charge is 2.38. The molecule has 0 bridgehead atoms. The second-order valence-electron chi connectivity index (χ2n) is 8.19. The number of fused-ring (bicyclic) bond motifs is 2. The number of rotatable bonds is 2. The average Bonchev–Trinajstić information content (AvgIpc) is 2.90. The summed E-state index contributed by atoms with van der Waals surface area (Å²) in [6.45, 7) is -0.583. The zero-order chi connectivity index (χ0) is 25.4. The van der Waals surface area contributed by atoms with Crippen molar-refractivity contribution in [3.8, 4) is 0 Å². The van der Waals surface area contributed by atoms with Gasteiger partial charge in [-0.05, 0) is 0 Å². The largest absolute Gasteiger partial charge is 0.395 e. The molecule has 2 aromatic carbocycles. The maximum absolute atomic E-state index is 13.4. The van der Waals surface area contributed by atoms with E-state index in [1.165, 1.54) is 23.5 Å². The normalized spacial score (nSPS) is 22.8. The van der Waals surface area contributed by atoms with Crippen molar-refractivity contribution < 1.29 is 29.4 Å². The van der Waals surface area contributed by atoms with Crippen LogP contribution in [0.2, 0.25) is 0 Å². The van der Waals surface area contributed by atoms with Crippen LogP contribution in [0.4, 0.5) is 0 Å². The number of aliphatic hydroxyl groups excluding tert-OH is 2. The highest BCUT2D eigenvalue weighted by Crippen LogP contribution is 2.45. The van der Waals surface area contributed by atoms with Gasteiger partial charge in [0.05, 0.1) is 32.8 Å². The summed E-state index contributed by atoms with van der Waals surface area (Å²) < 4.78 is 0. The van der Waals surface area contributed by atoms with E-state index < -0.39 is 10.5 Å². The van der Waals surface area contributed by atoms with Crippen molar-refractivity contribution >= 4 is 70.2 Å². The van der Waals surface area contributed by atoms with Crippen molar-refractivity contribution in [1.82, 2.24) is 0 Å². The molecule has 0 aromatic heterocycles. The van der Waals surface area contributed by atoms with Crippen LogP contribution in [0, 0.1) is 0 Å². The smallest absolute Gasteiger partial charge is 0.201 e. The molecule has 0 saturated carbocycles. The fourth-order valence-electron chi connectivity index (χ4n) is 4.07. The molecule has 36 heavy (non-hydrogen) atoms. The first-order valence-corrected chi connectivity index (χ1v) is 14.8. The number of Topliss-reactive ketones (excluding diaryl/α,β-unsaturated/α-hetero) is 4. The zero-order valence-corrected chi connectivity index (χ0v) is 22.0. The molecule has 2 atom stereocenters. The SMILES string of the molecule is O=C1C2=C(SCC(CO)SC3=C(SC(CO)CS2)C(=O)c2ccccc2C3=O)C(=O)c2ccccc21. The van der Waals surface area contributed by atoms with Gasteiger partial charge in [0.15, 0.2) is 0 Å². The number of benzene rings is 2. The minimum atomic E-state index is -0.506. The summed E-state index contributed by atoms with van der Waals surface area (Å²) in [5, 5.41) is 19.2. The van der Waals surface area contributed by atoms with Crippen LogP contribution in [-0.4, -0.2) is 68.6 Å². The van der Waals surface area contributed by atoms with Gasteiger partial charge in [0, 0.05) is 44.3 Å². The number of carbonyl (C=O) groups is 4. The van der Waals surface area contributed by atoms with Crippen molar-refractivity contribution in [3.05, 3.63) is 90.4 Å². The minimum Gasteiger partial charge on any atom is -0.395 e. The third-order valence-corrected chi connectivity index (χ3v) is 11.6. The Morgan fingerprint density at radius 2 is 0.861 bits per heavy atom. The van der Waals surface area contributed by atoms with Crippen LogP contribution in [-0.2, 0) is 0 Å². The van der Waals surface area contributed by atoms with E-state index in [-0.39, 0.29) is 57.7 Å². The molecular weight excluding hydrogens is 537 g/mol. The quantitative estimate of drug-likeness (QED) is 0.558. The molecule has 0 saturated heterocycles. The maximum Gasteiger partial charge on any atom is 0.201 e. The van der Waals surface area contributed by atoms with E-state index in [1.54, 1.807) is 48.5 Å². The Labute approximate surface area is 224 Å². The Morgan fingerprint density at radius 1 is 0.556 bits per heavy atom. The summed E-state index contributed by atoms with van der Waals surface area (Å²) in [4.78, 5) is 54.7. The van der Waals surface area contributed by atoms with Gasteiger partial charge in [-0.3, -0.25) is 19.2 Å². The number of hydrogen-bond donors (Lipinski definition) is 2. The number of ketones is 4. The second-order valence-corrected chi connectivity index (χ2v) is 12.9. The molecule has 10 heteroatoms. The van der Waals surface area contributed by atoms with E-state index in [4.69, 9.17) is 0 Å². The molecule has 2 aromatic rings. The lowest BCUT2D eigenvalue weighted by Gasteiger charge is -2.27. The number of carbonyl (C=O) groups excluding carboxylic acids is 4. The Bertz CT molecular complexity index is 1260. The van der Waals surface area contributed by atoms with Crippen LogP contribution in [0.3, 0.4) is 0 Å². The summed E-state index contributed by atoms with van der Waals surface area (Å²) in [6, 6.07) is 13.3. The first-order valence-electron chi connectivity index (χ1n) is 11.1. The summed E-state index contributed by atoms with van der Waals surface area (Å²) in [7, 11) is 0. The van der Waals surface area contributed by atoms with Gasteiger partial charge in [-0.15, -0.1) is 47.0 Å². The molecule has 184 valence electrons. The molecule has 3 aliphatic rings. The molecule has 2 aliphatic carbocycles. The Kier molecular flexibility index (Phi) is 7.62. The second kappa shape index (κ2) is 10.7. The Morgan fingerprint density at radius 3 is 1.17 bits per heavy atom. The highest BCUT2D eigenvalue weighted by molar-refractivity contribution is 8.12. The van der Waals surface area contributed by atoms with Gasteiger partial charge in [-0.1, -0.05) is 48.5 Å². The van der Waals surface area contributed by atoms with Crippen LogP contribution in [0.1, 0.15) is 41.4 Å². The minimum absolute atomic E-state index is 0.248. The number of allylic oxidation sites excluding steroid dienone is 4. The first kappa shape index (κ1) is 25.6. The molecular formula is C26H20O6S4. The Balaban J connectivity index is 1.56. The average molecular weight is 557 g/mol. The maximum atomic E-state index is 13.4. The lowest BCUT2D eigenvalue weighted by Crippen LogP contribution is -2.26. The van der Waals surface area contributed by atoms with Crippen LogP contribution >= 0.6 is 47.0 Å². The van der Waals surface area contributed by atoms with Gasteiger partial charge in [-0.2, -0.15) is 0 Å². The van der Waals surface area contributed by atoms with Crippen molar-refractivity contribution in [2.45, 2.75) is 10.5 Å². The third-order valence-electron chi connectivity index (χ3n) is 5.87. The van der Waals surface area contributed by atoms with Gasteiger partial charge in [-0.25, -0.2) is 0 Å². The molecule has 2 N–H and O–H groups in total. The molecule has 0 fully saturated rings. The molecule has 0 radical (unpaired) electrons. The van der Waals surface area contributed by atoms with E-state index in [0.717, 1.165) is 23.5 Å². The fraction of sp³-hybridized carbons (Fsp3) is 0.231. The van der Waals surface area contributed by atoms with Gasteiger partial charge in [0.25, 0.3) is 0 Å². The van der Waals surface area contributed by atoms with E-state index in [0.29, 0.717) is 32.1 Å². The van der Waals surface area contributed by atoms with Crippen molar-refractivity contribution in [2.75, 3.05) is 24.7 Å². The molecule has 6 nitrogen and oxygen atoms in total.